The summed E-state index contributed by atoms with van der Waals surface area (Å²) in [5.41, 5.74) is 20.1. The van der Waals surface area contributed by atoms with E-state index in [1.165, 1.54) is 72.8 Å². The third-order valence-electron chi connectivity index (χ3n) is 12.4. The Morgan fingerprint density at radius 2 is 0.724 bits per heavy atom. The zero-order valence-corrected chi connectivity index (χ0v) is 35.2. The molecule has 9 rings (SSSR count). The molecule has 0 N–H and O–H groups in total. The van der Waals surface area contributed by atoms with Crippen LogP contribution in [-0.2, 0) is 0 Å². The van der Waals surface area contributed by atoms with Gasteiger partial charge in [-0.05, 0) is 135 Å². The zero-order chi connectivity index (χ0) is 40.2. The van der Waals surface area contributed by atoms with Crippen molar-refractivity contribution in [3.05, 3.63) is 180 Å². The molecule has 0 saturated carbocycles. The van der Waals surface area contributed by atoms with Crippen molar-refractivity contribution in [2.45, 2.75) is 79.1 Å². The number of benzene rings is 7. The molecule has 3 nitrogen and oxygen atoms in total. The van der Waals surface area contributed by atoms with Crippen LogP contribution in [0.3, 0.4) is 0 Å². The van der Waals surface area contributed by atoms with Gasteiger partial charge in [0.2, 0.25) is 0 Å². The van der Waals surface area contributed by atoms with E-state index in [0.717, 1.165) is 17.1 Å². The normalized spacial score (nSPS) is 13.0. The van der Waals surface area contributed by atoms with Crippen molar-refractivity contribution < 1.29 is 0 Å². The molecule has 0 amide bonds. The first-order valence-corrected chi connectivity index (χ1v) is 21.2. The van der Waals surface area contributed by atoms with Crippen LogP contribution in [0.4, 0.5) is 51.2 Å². The number of anilines is 9. The van der Waals surface area contributed by atoms with Crippen molar-refractivity contribution in [3.8, 4) is 0 Å². The second-order valence-electron chi connectivity index (χ2n) is 17.4. The van der Waals surface area contributed by atoms with Crippen LogP contribution in [0.2, 0.25) is 0 Å². The van der Waals surface area contributed by atoms with Crippen molar-refractivity contribution >= 4 is 74.3 Å². The Balaban J connectivity index is 1.41. The van der Waals surface area contributed by atoms with E-state index in [9.17, 15) is 0 Å². The topological polar surface area (TPSA) is 9.72 Å². The Kier molecular flexibility index (Phi) is 9.76. The minimum Gasteiger partial charge on any atom is -0.311 e. The molecule has 2 heterocycles. The summed E-state index contributed by atoms with van der Waals surface area (Å²) in [4.78, 5) is 7.52. The van der Waals surface area contributed by atoms with E-state index in [4.69, 9.17) is 0 Å². The molecule has 0 unspecified atom stereocenters. The average Bonchev–Trinajstić information content (AvgIpc) is 3.24. The lowest BCUT2D eigenvalue weighted by molar-refractivity contribution is 0.866. The first kappa shape index (κ1) is 37.6. The van der Waals surface area contributed by atoms with Crippen molar-refractivity contribution in [2.75, 3.05) is 14.7 Å². The van der Waals surface area contributed by atoms with Gasteiger partial charge in [-0.2, -0.15) is 0 Å². The summed E-state index contributed by atoms with van der Waals surface area (Å²) in [6, 6.07) is 59.7. The van der Waals surface area contributed by atoms with Crippen LogP contribution in [0.1, 0.15) is 101 Å². The molecule has 7 aromatic carbocycles. The molecule has 0 fully saturated rings. The van der Waals surface area contributed by atoms with Crippen molar-refractivity contribution in [1.29, 1.82) is 0 Å². The van der Waals surface area contributed by atoms with Gasteiger partial charge in [0.25, 0.3) is 6.71 Å². The molecule has 0 atom stereocenters. The number of hydrogen-bond donors (Lipinski definition) is 0. The van der Waals surface area contributed by atoms with Gasteiger partial charge in [-0.3, -0.25) is 0 Å². The highest BCUT2D eigenvalue weighted by molar-refractivity contribution is 7.00. The highest BCUT2D eigenvalue weighted by Crippen LogP contribution is 2.48. The van der Waals surface area contributed by atoms with Gasteiger partial charge in [0.1, 0.15) is 0 Å². The van der Waals surface area contributed by atoms with E-state index in [1.807, 2.05) is 0 Å². The molecule has 0 bridgehead atoms. The predicted octanol–water partition coefficient (Wildman–Crippen LogP) is 13.7. The molecule has 2 aliphatic heterocycles. The summed E-state index contributed by atoms with van der Waals surface area (Å²) in [6.45, 7) is 18.4. The summed E-state index contributed by atoms with van der Waals surface area (Å²) >= 11 is 0. The van der Waals surface area contributed by atoms with Crippen LogP contribution in [-0.4, -0.2) is 6.71 Å². The van der Waals surface area contributed by atoms with E-state index in [-0.39, 0.29) is 6.71 Å². The molecule has 0 saturated heterocycles. The van der Waals surface area contributed by atoms with Crippen LogP contribution in [0, 0.1) is 0 Å². The zero-order valence-electron chi connectivity index (χ0n) is 35.2. The van der Waals surface area contributed by atoms with Crippen LogP contribution >= 0.6 is 0 Å². The number of para-hydroxylation sites is 2. The van der Waals surface area contributed by atoms with E-state index in [1.54, 1.807) is 0 Å². The molecule has 2 aliphatic rings. The second kappa shape index (κ2) is 15.1. The first-order valence-electron chi connectivity index (χ1n) is 21.2. The monoisotopic (exact) mass is 755 g/mol. The highest BCUT2D eigenvalue weighted by atomic mass is 15.2. The number of rotatable bonds is 9. The van der Waals surface area contributed by atoms with Crippen LogP contribution in [0.25, 0.3) is 0 Å². The van der Waals surface area contributed by atoms with Crippen LogP contribution < -0.4 is 31.1 Å². The maximum atomic E-state index is 2.55. The number of nitrogens with zero attached hydrogens (tertiary/aromatic N) is 3. The van der Waals surface area contributed by atoms with Gasteiger partial charge in [0, 0.05) is 45.5 Å². The summed E-state index contributed by atoms with van der Waals surface area (Å²) < 4.78 is 0. The largest absolute Gasteiger partial charge is 0.311 e. The Hall–Kier alpha value is -6.00. The first-order chi connectivity index (χ1) is 28.1. The minimum atomic E-state index is 0.0423. The van der Waals surface area contributed by atoms with Crippen molar-refractivity contribution in [2.24, 2.45) is 0 Å². The Morgan fingerprint density at radius 1 is 0.362 bits per heavy atom. The van der Waals surface area contributed by atoms with Gasteiger partial charge >= 0.3 is 0 Å². The maximum Gasteiger partial charge on any atom is 0.252 e. The molecule has 0 spiro atoms. The van der Waals surface area contributed by atoms with Crippen molar-refractivity contribution in [3.63, 3.8) is 0 Å². The van der Waals surface area contributed by atoms with Gasteiger partial charge < -0.3 is 14.7 Å². The highest BCUT2D eigenvalue weighted by Gasteiger charge is 2.44. The van der Waals surface area contributed by atoms with E-state index >= 15 is 0 Å². The molecule has 288 valence electrons. The van der Waals surface area contributed by atoms with Gasteiger partial charge in [0.05, 0.1) is 5.69 Å². The van der Waals surface area contributed by atoms with Crippen molar-refractivity contribution in [1.82, 2.24) is 0 Å². The van der Waals surface area contributed by atoms with Gasteiger partial charge in [-0.15, -0.1) is 0 Å². The van der Waals surface area contributed by atoms with Gasteiger partial charge in [-0.25, -0.2) is 0 Å². The molecular formula is C54H54BN3. The van der Waals surface area contributed by atoms with Gasteiger partial charge in [-0.1, -0.05) is 140 Å². The number of fused-ring (bicyclic) bond motifs is 4. The fourth-order valence-electron chi connectivity index (χ4n) is 9.05. The third kappa shape index (κ3) is 6.49. The molecule has 0 aliphatic carbocycles. The van der Waals surface area contributed by atoms with Gasteiger partial charge in [0.15, 0.2) is 0 Å². The van der Waals surface area contributed by atoms with Crippen LogP contribution in [0.5, 0.6) is 0 Å². The summed E-state index contributed by atoms with van der Waals surface area (Å²) in [6.07, 6.45) is 0. The van der Waals surface area contributed by atoms with E-state index in [2.05, 4.69) is 228 Å². The molecule has 58 heavy (non-hydrogen) atoms. The molecule has 0 radical (unpaired) electrons. The Labute approximate surface area is 346 Å². The fraction of sp³-hybridized carbons (Fsp3) is 0.222. The molecule has 7 aromatic rings. The Bertz CT molecular complexity index is 2400. The maximum absolute atomic E-state index is 2.55. The SMILES string of the molecule is CC(C)c1ccc(N2c3ccc(C(C)C)cc3B3c4cc(C(C)C)ccc4N(c4ccc(C(C)C)cc4)c4cc(N(c5ccccc5)c5ccccc5)cc2c43)cc1. The smallest absolute Gasteiger partial charge is 0.252 e. The quantitative estimate of drug-likeness (QED) is 0.136. The van der Waals surface area contributed by atoms with E-state index in [0.29, 0.717) is 23.7 Å². The fourth-order valence-corrected chi connectivity index (χ4v) is 9.05. The average molecular weight is 756 g/mol. The summed E-state index contributed by atoms with van der Waals surface area (Å²) in [5, 5.41) is 0. The lowest BCUT2D eigenvalue weighted by Gasteiger charge is -2.45. The molecule has 4 heteroatoms. The number of hydrogen-bond acceptors (Lipinski definition) is 3. The second-order valence-corrected chi connectivity index (χ2v) is 17.4. The predicted molar refractivity (Wildman–Crippen MR) is 252 cm³/mol. The summed E-state index contributed by atoms with van der Waals surface area (Å²) in [5.74, 6) is 1.70. The molecular weight excluding hydrogens is 701 g/mol. The lowest BCUT2D eigenvalue weighted by Crippen LogP contribution is -2.61. The minimum absolute atomic E-state index is 0.0423. The molecule has 0 aromatic heterocycles. The third-order valence-corrected chi connectivity index (χ3v) is 12.4. The lowest BCUT2D eigenvalue weighted by atomic mass is 9.33. The van der Waals surface area contributed by atoms with E-state index < -0.39 is 0 Å². The standard InChI is InChI=1S/C54H54BN3/c1-35(2)39-19-25-45(26-20-39)57-50-29-23-41(37(5)6)31-48(50)55-49-32-42(38(7)8)24-30-51(49)58(46-27-21-40(22-28-46)36(3)4)53-34-47(33-52(57)54(53)55)56(43-15-11-9-12-16-43)44-17-13-10-14-18-44/h9-38H,1-8H3. The summed E-state index contributed by atoms with van der Waals surface area (Å²) in [7, 11) is 0. The Morgan fingerprint density at radius 3 is 1.09 bits per heavy atom. The van der Waals surface area contributed by atoms with Crippen LogP contribution in [0.15, 0.2) is 158 Å².